The summed E-state index contributed by atoms with van der Waals surface area (Å²) in [6.07, 6.45) is 1.01. The van der Waals surface area contributed by atoms with Crippen molar-refractivity contribution in [1.82, 2.24) is 4.90 Å². The van der Waals surface area contributed by atoms with E-state index in [-0.39, 0.29) is 6.04 Å². The Morgan fingerprint density at radius 2 is 1.75 bits per heavy atom. The minimum Gasteiger partial charge on any atom is -0.326 e. The van der Waals surface area contributed by atoms with Gasteiger partial charge in [-0.25, -0.2) is 0 Å². The molecule has 0 saturated heterocycles. The Labute approximate surface area is 136 Å². The van der Waals surface area contributed by atoms with E-state index in [9.17, 15) is 0 Å². The Morgan fingerprint density at radius 3 is 2.25 bits per heavy atom. The second-order valence-electron chi connectivity index (χ2n) is 4.94. The molecule has 0 aliphatic carbocycles. The number of nitrogens with two attached hydrogens (primary N) is 1. The summed E-state index contributed by atoms with van der Waals surface area (Å²) in [4.78, 5) is 2.46. The van der Waals surface area contributed by atoms with Gasteiger partial charge in [0.25, 0.3) is 0 Å². The highest BCUT2D eigenvalue weighted by atomic mass is 79.9. The molecule has 0 aliphatic heterocycles. The maximum atomic E-state index is 6.32. The summed E-state index contributed by atoms with van der Waals surface area (Å²) in [5.41, 5.74) is 7.66. The lowest BCUT2D eigenvalue weighted by atomic mass is 10.0. The molecule has 2 atom stereocenters. The SMILES string of the molecule is CCC(N)C(SCCN(CC)CC)c1ccc(Br)cc1. The van der Waals surface area contributed by atoms with Crippen LogP contribution in [0.4, 0.5) is 0 Å². The Kier molecular flexibility index (Phi) is 8.85. The molecule has 0 amide bonds. The molecular weight excluding hydrogens is 332 g/mol. The van der Waals surface area contributed by atoms with E-state index in [4.69, 9.17) is 5.73 Å². The summed E-state index contributed by atoms with van der Waals surface area (Å²) in [5.74, 6) is 1.14. The molecule has 20 heavy (non-hydrogen) atoms. The smallest absolute Gasteiger partial charge is 0.0448 e. The Hall–Kier alpha value is -0.0300. The highest BCUT2D eigenvalue weighted by molar-refractivity contribution is 9.10. The van der Waals surface area contributed by atoms with E-state index in [1.54, 1.807) is 0 Å². The van der Waals surface area contributed by atoms with Crippen LogP contribution in [0.2, 0.25) is 0 Å². The minimum absolute atomic E-state index is 0.220. The molecule has 2 unspecified atom stereocenters. The van der Waals surface area contributed by atoms with Crippen molar-refractivity contribution >= 4 is 27.7 Å². The van der Waals surface area contributed by atoms with Crippen LogP contribution >= 0.6 is 27.7 Å². The quantitative estimate of drug-likeness (QED) is 0.713. The van der Waals surface area contributed by atoms with Crippen LogP contribution in [-0.2, 0) is 0 Å². The fourth-order valence-corrected chi connectivity index (χ4v) is 3.85. The van der Waals surface area contributed by atoms with E-state index in [1.807, 2.05) is 11.8 Å². The maximum Gasteiger partial charge on any atom is 0.0448 e. The van der Waals surface area contributed by atoms with Crippen LogP contribution in [0, 0.1) is 0 Å². The molecule has 1 rings (SSSR count). The lowest BCUT2D eigenvalue weighted by Gasteiger charge is -2.25. The van der Waals surface area contributed by atoms with Crippen LogP contribution in [0.3, 0.4) is 0 Å². The topological polar surface area (TPSA) is 29.3 Å². The molecule has 0 fully saturated rings. The Balaban J connectivity index is 2.63. The van der Waals surface area contributed by atoms with E-state index in [2.05, 4.69) is 65.9 Å². The average Bonchev–Trinajstić information content (AvgIpc) is 2.48. The molecule has 114 valence electrons. The largest absolute Gasteiger partial charge is 0.326 e. The standard InChI is InChI=1S/C16H27BrN2S/c1-4-15(18)16(13-7-9-14(17)10-8-13)20-12-11-19(5-2)6-3/h7-10,15-16H,4-6,11-12,18H2,1-3H3. The van der Waals surface area contributed by atoms with E-state index >= 15 is 0 Å². The molecule has 0 aromatic heterocycles. The van der Waals surface area contributed by atoms with Gasteiger partial charge >= 0.3 is 0 Å². The monoisotopic (exact) mass is 358 g/mol. The molecule has 0 spiro atoms. The number of rotatable bonds is 9. The number of benzene rings is 1. The third kappa shape index (κ3) is 5.76. The molecule has 4 heteroatoms. The first-order chi connectivity index (χ1) is 9.62. The van der Waals surface area contributed by atoms with Crippen molar-refractivity contribution in [2.45, 2.75) is 38.5 Å². The molecule has 0 saturated carbocycles. The van der Waals surface area contributed by atoms with Gasteiger partial charge in [0, 0.05) is 28.1 Å². The second-order valence-corrected chi connectivity index (χ2v) is 7.11. The van der Waals surface area contributed by atoms with Crippen LogP contribution in [0.15, 0.2) is 28.7 Å². The fraction of sp³-hybridized carbons (Fsp3) is 0.625. The molecule has 1 aromatic carbocycles. The summed E-state index contributed by atoms with van der Waals surface area (Å²) in [6, 6.07) is 8.81. The zero-order chi connectivity index (χ0) is 15.0. The van der Waals surface area contributed by atoms with E-state index in [1.165, 1.54) is 5.56 Å². The van der Waals surface area contributed by atoms with Crippen molar-refractivity contribution < 1.29 is 0 Å². The van der Waals surface area contributed by atoms with Gasteiger partial charge in [-0.1, -0.05) is 48.8 Å². The Morgan fingerprint density at radius 1 is 1.15 bits per heavy atom. The molecule has 0 radical (unpaired) electrons. The van der Waals surface area contributed by atoms with Crippen LogP contribution in [0.25, 0.3) is 0 Å². The van der Waals surface area contributed by atoms with Crippen LogP contribution < -0.4 is 5.73 Å². The van der Waals surface area contributed by atoms with Gasteiger partial charge in [0.15, 0.2) is 0 Å². The van der Waals surface area contributed by atoms with Crippen molar-refractivity contribution in [2.75, 3.05) is 25.4 Å². The van der Waals surface area contributed by atoms with Gasteiger partial charge in [0.05, 0.1) is 0 Å². The van der Waals surface area contributed by atoms with E-state index in [0.29, 0.717) is 5.25 Å². The van der Waals surface area contributed by atoms with Gasteiger partial charge in [-0.15, -0.1) is 0 Å². The van der Waals surface area contributed by atoms with Crippen LogP contribution in [0.1, 0.15) is 38.0 Å². The lowest BCUT2D eigenvalue weighted by molar-refractivity contribution is 0.323. The minimum atomic E-state index is 0.220. The molecule has 0 bridgehead atoms. The van der Waals surface area contributed by atoms with Crippen LogP contribution in [0.5, 0.6) is 0 Å². The van der Waals surface area contributed by atoms with E-state index < -0.39 is 0 Å². The summed E-state index contributed by atoms with van der Waals surface area (Å²) in [6.45, 7) is 10.00. The fourth-order valence-electron chi connectivity index (χ4n) is 2.18. The highest BCUT2D eigenvalue weighted by Gasteiger charge is 2.19. The number of halogens is 1. The van der Waals surface area contributed by atoms with Gasteiger partial charge in [-0.2, -0.15) is 11.8 Å². The lowest BCUT2D eigenvalue weighted by Crippen LogP contribution is -2.29. The van der Waals surface area contributed by atoms with Gasteiger partial charge in [-0.3, -0.25) is 0 Å². The molecule has 0 aliphatic rings. The number of nitrogens with zero attached hydrogens (tertiary/aromatic N) is 1. The molecule has 1 aromatic rings. The first kappa shape index (κ1) is 18.0. The molecule has 2 nitrogen and oxygen atoms in total. The summed E-state index contributed by atoms with van der Waals surface area (Å²) < 4.78 is 1.12. The van der Waals surface area contributed by atoms with Crippen molar-refractivity contribution in [3.8, 4) is 0 Å². The number of hydrogen-bond acceptors (Lipinski definition) is 3. The number of thioether (sulfide) groups is 1. The summed E-state index contributed by atoms with van der Waals surface area (Å²) in [7, 11) is 0. The first-order valence-electron chi connectivity index (χ1n) is 7.47. The summed E-state index contributed by atoms with van der Waals surface area (Å²) >= 11 is 5.48. The zero-order valence-corrected chi connectivity index (χ0v) is 15.2. The van der Waals surface area contributed by atoms with E-state index in [0.717, 1.165) is 36.3 Å². The predicted octanol–water partition coefficient (Wildman–Crippen LogP) is 4.30. The van der Waals surface area contributed by atoms with Gasteiger partial charge in [0.2, 0.25) is 0 Å². The summed E-state index contributed by atoms with van der Waals surface area (Å²) in [5, 5.41) is 0.392. The first-order valence-corrected chi connectivity index (χ1v) is 9.31. The molecule has 0 heterocycles. The predicted molar refractivity (Wildman–Crippen MR) is 95.4 cm³/mol. The van der Waals surface area contributed by atoms with Crippen molar-refractivity contribution in [1.29, 1.82) is 0 Å². The maximum absolute atomic E-state index is 6.32. The number of hydrogen-bond donors (Lipinski definition) is 1. The molecular formula is C16H27BrN2S. The normalized spacial score (nSPS) is 14.5. The average molecular weight is 359 g/mol. The third-order valence-electron chi connectivity index (χ3n) is 3.66. The van der Waals surface area contributed by atoms with Gasteiger partial charge in [0.1, 0.15) is 0 Å². The highest BCUT2D eigenvalue weighted by Crippen LogP contribution is 2.33. The van der Waals surface area contributed by atoms with Crippen molar-refractivity contribution in [3.63, 3.8) is 0 Å². The van der Waals surface area contributed by atoms with Crippen molar-refractivity contribution in [3.05, 3.63) is 34.3 Å². The molecule has 2 N–H and O–H groups in total. The zero-order valence-electron chi connectivity index (χ0n) is 12.8. The van der Waals surface area contributed by atoms with Crippen molar-refractivity contribution in [2.24, 2.45) is 5.73 Å². The second kappa shape index (κ2) is 9.82. The van der Waals surface area contributed by atoms with Crippen LogP contribution in [-0.4, -0.2) is 36.3 Å². The third-order valence-corrected chi connectivity index (χ3v) is 5.59. The van der Waals surface area contributed by atoms with Gasteiger partial charge < -0.3 is 10.6 Å². The van der Waals surface area contributed by atoms with Gasteiger partial charge in [-0.05, 0) is 37.2 Å². The Bertz CT molecular complexity index is 365.